The van der Waals surface area contributed by atoms with E-state index in [1.807, 2.05) is 31.2 Å². The van der Waals surface area contributed by atoms with E-state index < -0.39 is 20.7 Å². The largest absolute Gasteiger partial charge is 0.494 e. The maximum absolute atomic E-state index is 13.9. The molecule has 1 heterocycles. The molecule has 0 spiro atoms. The van der Waals surface area contributed by atoms with Gasteiger partial charge in [-0.05, 0) is 69.1 Å². The van der Waals surface area contributed by atoms with Gasteiger partial charge in [0.2, 0.25) is 0 Å². The Morgan fingerprint density at radius 1 is 1.06 bits per heavy atom. The number of aryl methyl sites for hydroxylation is 1. The number of carbonyl (C=O) groups excluding carboxylic acids is 1. The minimum absolute atomic E-state index is 0.262. The summed E-state index contributed by atoms with van der Waals surface area (Å²) in [5.74, 6) is 0.670. The van der Waals surface area contributed by atoms with Crippen LogP contribution < -0.4 is 10.1 Å². The molecule has 33 heavy (non-hydrogen) atoms. The van der Waals surface area contributed by atoms with Crippen molar-refractivity contribution in [1.82, 2.24) is 5.32 Å². The Kier molecular flexibility index (Phi) is 8.92. The van der Waals surface area contributed by atoms with Gasteiger partial charge in [-0.25, -0.2) is 8.42 Å². The molecule has 0 radical (unpaired) electrons. The number of hydrogen-bond donors (Lipinski definition) is 1. The Morgan fingerprint density at radius 2 is 1.73 bits per heavy atom. The van der Waals surface area contributed by atoms with Crippen molar-refractivity contribution in [3.63, 3.8) is 0 Å². The van der Waals surface area contributed by atoms with Crippen LogP contribution in [0.3, 0.4) is 0 Å². The summed E-state index contributed by atoms with van der Waals surface area (Å²) in [5, 5.41) is 3.27. The van der Waals surface area contributed by atoms with E-state index in [1.54, 1.807) is 24.3 Å². The highest BCUT2D eigenvalue weighted by molar-refractivity contribution is 7.92. The van der Waals surface area contributed by atoms with E-state index in [2.05, 4.69) is 12.2 Å². The molecule has 2 aromatic carbocycles. The molecule has 7 heteroatoms. The van der Waals surface area contributed by atoms with Gasteiger partial charge >= 0.3 is 0 Å². The van der Waals surface area contributed by atoms with Gasteiger partial charge in [-0.2, -0.15) is 0 Å². The molecule has 1 aliphatic rings. The summed E-state index contributed by atoms with van der Waals surface area (Å²) < 4.78 is 37.9. The standard InChI is InChI=1S/C26H35NO5S/c1-3-4-17-31-23-9-11-25(12-10-23)33(29,30)26(13-15-27-16-14-26)19-24(32-20-28)18-22-7-5-21(2)6-8-22/h5-12,20,24,27H,3-4,13-19H2,1-2H3. The predicted octanol–water partition coefficient (Wildman–Crippen LogP) is 4.24. The van der Waals surface area contributed by atoms with Gasteiger partial charge in [-0.3, -0.25) is 4.79 Å². The third kappa shape index (κ3) is 6.36. The molecule has 1 aliphatic heterocycles. The van der Waals surface area contributed by atoms with Crippen LogP contribution in [-0.4, -0.2) is 45.4 Å². The molecule has 1 N–H and O–H groups in total. The first-order chi connectivity index (χ1) is 15.9. The molecular weight excluding hydrogens is 438 g/mol. The lowest BCUT2D eigenvalue weighted by Gasteiger charge is -2.39. The van der Waals surface area contributed by atoms with Gasteiger partial charge in [0.15, 0.2) is 9.84 Å². The van der Waals surface area contributed by atoms with Gasteiger partial charge in [0.25, 0.3) is 6.47 Å². The van der Waals surface area contributed by atoms with E-state index in [-0.39, 0.29) is 11.3 Å². The zero-order valence-electron chi connectivity index (χ0n) is 19.6. The highest BCUT2D eigenvalue weighted by atomic mass is 32.2. The molecule has 1 unspecified atom stereocenters. The molecule has 3 rings (SSSR count). The minimum atomic E-state index is -3.67. The van der Waals surface area contributed by atoms with Crippen molar-refractivity contribution in [2.45, 2.75) is 68.1 Å². The first-order valence-corrected chi connectivity index (χ1v) is 13.2. The lowest BCUT2D eigenvalue weighted by Crippen LogP contribution is -2.50. The number of carbonyl (C=O) groups is 1. The van der Waals surface area contributed by atoms with Crippen molar-refractivity contribution in [2.75, 3.05) is 19.7 Å². The van der Waals surface area contributed by atoms with Crippen LogP contribution in [0.25, 0.3) is 0 Å². The van der Waals surface area contributed by atoms with Gasteiger partial charge < -0.3 is 14.8 Å². The van der Waals surface area contributed by atoms with Crippen molar-refractivity contribution in [2.24, 2.45) is 0 Å². The molecule has 0 saturated carbocycles. The topological polar surface area (TPSA) is 81.7 Å². The number of piperidine rings is 1. The van der Waals surface area contributed by atoms with Gasteiger partial charge in [-0.1, -0.05) is 43.2 Å². The lowest BCUT2D eigenvalue weighted by molar-refractivity contribution is -0.134. The molecule has 0 aromatic heterocycles. The second-order valence-electron chi connectivity index (χ2n) is 8.86. The van der Waals surface area contributed by atoms with Crippen LogP contribution in [-0.2, 0) is 25.8 Å². The molecule has 180 valence electrons. The van der Waals surface area contributed by atoms with Gasteiger partial charge in [0.05, 0.1) is 16.2 Å². The summed E-state index contributed by atoms with van der Waals surface area (Å²) in [6.45, 7) is 6.37. The first kappa shape index (κ1) is 25.2. The number of sulfone groups is 1. The van der Waals surface area contributed by atoms with Crippen LogP contribution in [0.5, 0.6) is 5.75 Å². The molecule has 1 atom stereocenters. The summed E-state index contributed by atoms with van der Waals surface area (Å²) in [6.07, 6.45) is 3.15. The molecule has 0 aliphatic carbocycles. The van der Waals surface area contributed by atoms with Gasteiger partial charge in [0.1, 0.15) is 11.9 Å². The minimum Gasteiger partial charge on any atom is -0.494 e. The lowest BCUT2D eigenvalue weighted by atomic mass is 9.88. The van der Waals surface area contributed by atoms with Crippen LogP contribution in [0.15, 0.2) is 53.4 Å². The van der Waals surface area contributed by atoms with Gasteiger partial charge in [-0.15, -0.1) is 0 Å². The van der Waals surface area contributed by atoms with Crippen molar-refractivity contribution < 1.29 is 22.7 Å². The molecular formula is C26H35NO5S. The van der Waals surface area contributed by atoms with E-state index >= 15 is 0 Å². The Labute approximate surface area is 197 Å². The molecule has 0 bridgehead atoms. The zero-order chi connectivity index (χ0) is 23.7. The smallest absolute Gasteiger partial charge is 0.293 e. The highest BCUT2D eigenvalue weighted by Crippen LogP contribution is 2.39. The molecule has 1 fully saturated rings. The number of ether oxygens (including phenoxy) is 2. The number of benzene rings is 2. The maximum Gasteiger partial charge on any atom is 0.293 e. The Hall–Kier alpha value is -2.38. The van der Waals surface area contributed by atoms with E-state index in [0.29, 0.717) is 51.2 Å². The van der Waals surface area contributed by atoms with Gasteiger partial charge in [0, 0.05) is 12.8 Å². The summed E-state index contributed by atoms with van der Waals surface area (Å²) >= 11 is 0. The SMILES string of the molecule is CCCCOc1ccc(S(=O)(=O)C2(CC(Cc3ccc(C)cc3)OC=O)CCNCC2)cc1. The summed E-state index contributed by atoms with van der Waals surface area (Å²) in [6, 6.07) is 14.7. The van der Waals surface area contributed by atoms with Crippen molar-refractivity contribution >= 4 is 16.3 Å². The fraction of sp³-hybridized carbons (Fsp3) is 0.500. The molecule has 2 aromatic rings. The Balaban J connectivity index is 1.85. The summed E-state index contributed by atoms with van der Waals surface area (Å²) in [5.41, 5.74) is 2.16. The van der Waals surface area contributed by atoms with Crippen LogP contribution in [0.4, 0.5) is 0 Å². The van der Waals surface area contributed by atoms with Crippen LogP contribution in [0, 0.1) is 6.92 Å². The number of nitrogens with one attached hydrogen (secondary N) is 1. The summed E-state index contributed by atoms with van der Waals surface area (Å²) in [4.78, 5) is 11.6. The molecule has 6 nitrogen and oxygen atoms in total. The number of rotatable bonds is 12. The molecule has 1 saturated heterocycles. The number of hydrogen-bond acceptors (Lipinski definition) is 6. The Morgan fingerprint density at radius 3 is 2.33 bits per heavy atom. The fourth-order valence-corrected chi connectivity index (χ4v) is 6.55. The van der Waals surface area contributed by atoms with Crippen LogP contribution in [0.2, 0.25) is 0 Å². The van der Waals surface area contributed by atoms with E-state index in [0.717, 1.165) is 24.0 Å². The van der Waals surface area contributed by atoms with E-state index in [9.17, 15) is 13.2 Å². The van der Waals surface area contributed by atoms with Crippen LogP contribution in [0.1, 0.15) is 50.2 Å². The van der Waals surface area contributed by atoms with E-state index in [4.69, 9.17) is 9.47 Å². The van der Waals surface area contributed by atoms with Crippen LogP contribution >= 0.6 is 0 Å². The maximum atomic E-state index is 13.9. The quantitative estimate of drug-likeness (QED) is 0.367. The normalized spacial score (nSPS) is 16.7. The second-order valence-corrected chi connectivity index (χ2v) is 11.2. The predicted molar refractivity (Wildman–Crippen MR) is 129 cm³/mol. The number of unbranched alkanes of at least 4 members (excludes halogenated alkanes) is 1. The average molecular weight is 474 g/mol. The average Bonchev–Trinajstić information content (AvgIpc) is 2.82. The zero-order valence-corrected chi connectivity index (χ0v) is 20.4. The fourth-order valence-electron chi connectivity index (χ4n) is 4.41. The highest BCUT2D eigenvalue weighted by Gasteiger charge is 2.47. The van der Waals surface area contributed by atoms with Crippen molar-refractivity contribution in [1.29, 1.82) is 0 Å². The third-order valence-corrected chi connectivity index (χ3v) is 9.02. The first-order valence-electron chi connectivity index (χ1n) is 11.7. The van der Waals surface area contributed by atoms with Crippen molar-refractivity contribution in [3.8, 4) is 5.75 Å². The monoisotopic (exact) mass is 473 g/mol. The van der Waals surface area contributed by atoms with Crippen molar-refractivity contribution in [3.05, 3.63) is 59.7 Å². The molecule has 0 amide bonds. The second kappa shape index (κ2) is 11.7. The van der Waals surface area contributed by atoms with E-state index in [1.165, 1.54) is 0 Å². The Bertz CT molecular complexity index is 980. The summed E-state index contributed by atoms with van der Waals surface area (Å²) in [7, 11) is -3.67. The third-order valence-electron chi connectivity index (χ3n) is 6.42.